The van der Waals surface area contributed by atoms with Gasteiger partial charge in [0.05, 0.1) is 19.0 Å². The van der Waals surface area contributed by atoms with E-state index < -0.39 is 6.10 Å². The molecule has 0 bridgehead atoms. The number of aliphatic hydroxyl groups is 1. The van der Waals surface area contributed by atoms with Gasteiger partial charge in [-0.05, 0) is 37.1 Å². The van der Waals surface area contributed by atoms with Gasteiger partial charge >= 0.3 is 0 Å². The molecular formula is C14H19N3O2. The first-order valence-electron chi connectivity index (χ1n) is 6.16. The maximum absolute atomic E-state index is 9.66. The van der Waals surface area contributed by atoms with Crippen molar-refractivity contribution >= 4 is 0 Å². The average molecular weight is 261 g/mol. The van der Waals surface area contributed by atoms with Gasteiger partial charge in [-0.15, -0.1) is 0 Å². The maximum atomic E-state index is 9.66. The predicted molar refractivity (Wildman–Crippen MR) is 74.1 cm³/mol. The molecule has 0 aliphatic rings. The molecule has 0 aliphatic heterocycles. The predicted octanol–water partition coefficient (Wildman–Crippen LogP) is 1.69. The lowest BCUT2D eigenvalue weighted by Gasteiger charge is -2.11. The molecule has 1 heterocycles. The summed E-state index contributed by atoms with van der Waals surface area (Å²) in [4.78, 5) is 7.26. The van der Waals surface area contributed by atoms with E-state index in [2.05, 4.69) is 9.97 Å². The van der Waals surface area contributed by atoms with Crippen LogP contribution in [0.3, 0.4) is 0 Å². The fraction of sp³-hybridized carbons (Fsp3) is 0.357. The number of nitrogens with zero attached hydrogens (tertiary/aromatic N) is 1. The Hall–Kier alpha value is -1.85. The summed E-state index contributed by atoms with van der Waals surface area (Å²) in [5.74, 6) is 1.35. The Kier molecular flexibility index (Phi) is 3.87. The van der Waals surface area contributed by atoms with E-state index in [9.17, 15) is 5.11 Å². The van der Waals surface area contributed by atoms with Crippen molar-refractivity contribution in [2.45, 2.75) is 20.0 Å². The van der Waals surface area contributed by atoms with Crippen LogP contribution in [0.4, 0.5) is 0 Å². The monoisotopic (exact) mass is 261 g/mol. The van der Waals surface area contributed by atoms with E-state index in [-0.39, 0.29) is 6.54 Å². The minimum Gasteiger partial charge on any atom is -0.496 e. The smallest absolute Gasteiger partial charge is 0.136 e. The quantitative estimate of drug-likeness (QED) is 0.782. The van der Waals surface area contributed by atoms with E-state index in [1.807, 2.05) is 26.0 Å². The van der Waals surface area contributed by atoms with Crippen molar-refractivity contribution in [1.29, 1.82) is 0 Å². The highest BCUT2D eigenvalue weighted by Crippen LogP contribution is 2.30. The standard InChI is InChI=1S/C14H19N3O2/c1-8-9(2)13(19-3)5-4-10(8)11-7-16-14(17-11)12(18)6-15/h4-5,7,12,18H,6,15H2,1-3H3,(H,16,17). The highest BCUT2D eigenvalue weighted by Gasteiger charge is 2.13. The van der Waals surface area contributed by atoms with Crippen molar-refractivity contribution in [3.05, 3.63) is 35.3 Å². The number of imidazole rings is 1. The minimum absolute atomic E-state index is 0.146. The first-order valence-corrected chi connectivity index (χ1v) is 6.16. The van der Waals surface area contributed by atoms with Crippen LogP contribution in [-0.2, 0) is 0 Å². The molecule has 19 heavy (non-hydrogen) atoms. The molecule has 5 nitrogen and oxygen atoms in total. The van der Waals surface area contributed by atoms with Crippen molar-refractivity contribution in [2.75, 3.05) is 13.7 Å². The first-order chi connectivity index (χ1) is 9.08. The number of benzene rings is 1. The van der Waals surface area contributed by atoms with E-state index in [0.29, 0.717) is 5.82 Å². The number of nitrogens with one attached hydrogen (secondary N) is 1. The van der Waals surface area contributed by atoms with Gasteiger partial charge in [-0.3, -0.25) is 0 Å². The SMILES string of the molecule is COc1ccc(-c2cnc(C(O)CN)[nH]2)c(C)c1C. The van der Waals surface area contributed by atoms with E-state index in [4.69, 9.17) is 10.5 Å². The van der Waals surface area contributed by atoms with Gasteiger partial charge in [0, 0.05) is 12.1 Å². The molecule has 0 fully saturated rings. The molecule has 0 saturated heterocycles. The Morgan fingerprint density at radius 2 is 2.11 bits per heavy atom. The number of hydrogen-bond acceptors (Lipinski definition) is 4. The molecule has 2 aromatic rings. The molecule has 102 valence electrons. The lowest BCUT2D eigenvalue weighted by molar-refractivity contribution is 0.177. The second-order valence-corrected chi connectivity index (χ2v) is 4.50. The second kappa shape index (κ2) is 5.42. The Morgan fingerprint density at radius 3 is 2.74 bits per heavy atom. The molecule has 0 radical (unpaired) electrons. The molecule has 0 aliphatic carbocycles. The van der Waals surface area contributed by atoms with E-state index in [1.54, 1.807) is 13.3 Å². The molecule has 1 aromatic heterocycles. The van der Waals surface area contributed by atoms with E-state index in [0.717, 1.165) is 28.1 Å². The average Bonchev–Trinajstić information content (AvgIpc) is 2.90. The highest BCUT2D eigenvalue weighted by atomic mass is 16.5. The third-order valence-corrected chi connectivity index (χ3v) is 3.38. The summed E-state index contributed by atoms with van der Waals surface area (Å²) >= 11 is 0. The van der Waals surface area contributed by atoms with Gasteiger partial charge in [0.2, 0.25) is 0 Å². The number of hydrogen-bond donors (Lipinski definition) is 3. The largest absolute Gasteiger partial charge is 0.496 e. The molecule has 0 saturated carbocycles. The number of aliphatic hydroxyl groups excluding tert-OH is 1. The molecule has 1 aromatic carbocycles. The maximum Gasteiger partial charge on any atom is 0.136 e. The normalized spacial score (nSPS) is 12.5. The van der Waals surface area contributed by atoms with Crippen LogP contribution >= 0.6 is 0 Å². The number of aromatic amines is 1. The zero-order valence-corrected chi connectivity index (χ0v) is 11.4. The molecule has 0 amide bonds. The van der Waals surface area contributed by atoms with Crippen LogP contribution in [-0.4, -0.2) is 28.7 Å². The summed E-state index contributed by atoms with van der Waals surface area (Å²) in [5.41, 5.74) is 9.54. The van der Waals surface area contributed by atoms with Gasteiger partial charge in [-0.1, -0.05) is 0 Å². The third-order valence-electron chi connectivity index (χ3n) is 3.38. The molecule has 2 rings (SSSR count). The summed E-state index contributed by atoms with van der Waals surface area (Å²) < 4.78 is 5.30. The Morgan fingerprint density at radius 1 is 1.37 bits per heavy atom. The van der Waals surface area contributed by atoms with Crippen molar-refractivity contribution in [3.8, 4) is 17.0 Å². The first kappa shape index (κ1) is 13.6. The van der Waals surface area contributed by atoms with Crippen molar-refractivity contribution < 1.29 is 9.84 Å². The van der Waals surface area contributed by atoms with Gasteiger partial charge in [0.25, 0.3) is 0 Å². The number of nitrogens with two attached hydrogens (primary N) is 1. The van der Waals surface area contributed by atoms with Crippen molar-refractivity contribution in [3.63, 3.8) is 0 Å². The number of aromatic nitrogens is 2. The van der Waals surface area contributed by atoms with Gasteiger partial charge in [-0.25, -0.2) is 4.98 Å². The summed E-state index contributed by atoms with van der Waals surface area (Å²) in [7, 11) is 1.66. The van der Waals surface area contributed by atoms with Crippen LogP contribution in [0.5, 0.6) is 5.75 Å². The Balaban J connectivity index is 2.42. The van der Waals surface area contributed by atoms with Crippen LogP contribution in [0, 0.1) is 13.8 Å². The Bertz CT molecular complexity index is 578. The summed E-state index contributed by atoms with van der Waals surface area (Å²) in [5, 5.41) is 9.66. The fourth-order valence-electron chi connectivity index (χ4n) is 2.06. The fourth-order valence-corrected chi connectivity index (χ4v) is 2.06. The molecule has 1 unspecified atom stereocenters. The van der Waals surface area contributed by atoms with Crippen LogP contribution in [0.25, 0.3) is 11.3 Å². The number of rotatable bonds is 4. The van der Waals surface area contributed by atoms with Crippen molar-refractivity contribution in [1.82, 2.24) is 9.97 Å². The molecule has 1 atom stereocenters. The van der Waals surface area contributed by atoms with Gasteiger partial charge in [-0.2, -0.15) is 0 Å². The number of methoxy groups -OCH3 is 1. The lowest BCUT2D eigenvalue weighted by atomic mass is 10.0. The summed E-state index contributed by atoms with van der Waals surface area (Å²) in [6.07, 6.45) is 0.955. The Labute approximate surface area is 112 Å². The molecule has 0 spiro atoms. The summed E-state index contributed by atoms with van der Waals surface area (Å²) in [6, 6.07) is 3.91. The van der Waals surface area contributed by atoms with Crippen LogP contribution in [0.15, 0.2) is 18.3 Å². The lowest BCUT2D eigenvalue weighted by Crippen LogP contribution is -2.12. The van der Waals surface area contributed by atoms with E-state index in [1.165, 1.54) is 0 Å². The van der Waals surface area contributed by atoms with E-state index >= 15 is 0 Å². The van der Waals surface area contributed by atoms with Gasteiger partial charge in [0.15, 0.2) is 0 Å². The third kappa shape index (κ3) is 2.47. The minimum atomic E-state index is -0.756. The van der Waals surface area contributed by atoms with Gasteiger partial charge in [0.1, 0.15) is 17.7 Å². The number of ether oxygens (including phenoxy) is 1. The second-order valence-electron chi connectivity index (χ2n) is 4.50. The van der Waals surface area contributed by atoms with Crippen LogP contribution in [0.1, 0.15) is 23.1 Å². The summed E-state index contributed by atoms with van der Waals surface area (Å²) in [6.45, 7) is 4.20. The molecule has 4 N–H and O–H groups in total. The zero-order chi connectivity index (χ0) is 14.0. The zero-order valence-electron chi connectivity index (χ0n) is 11.4. The molecule has 5 heteroatoms. The van der Waals surface area contributed by atoms with Crippen LogP contribution in [0.2, 0.25) is 0 Å². The number of H-pyrrole nitrogens is 1. The topological polar surface area (TPSA) is 84.2 Å². The van der Waals surface area contributed by atoms with Crippen LogP contribution < -0.4 is 10.5 Å². The molecular weight excluding hydrogens is 242 g/mol. The highest BCUT2D eigenvalue weighted by molar-refractivity contribution is 5.66. The van der Waals surface area contributed by atoms with Gasteiger partial charge < -0.3 is 20.6 Å². The van der Waals surface area contributed by atoms with Crippen molar-refractivity contribution in [2.24, 2.45) is 5.73 Å².